The van der Waals surface area contributed by atoms with Crippen molar-refractivity contribution in [1.29, 1.82) is 0 Å². The maximum absolute atomic E-state index is 12.0. The van der Waals surface area contributed by atoms with Crippen LogP contribution in [0.3, 0.4) is 0 Å². The molecule has 0 saturated heterocycles. The average molecular weight is 183 g/mol. The Kier molecular flexibility index (Phi) is 2.58. The Bertz CT molecular complexity index is 282. The molecule has 5 nitrogen and oxygen atoms in total. The summed E-state index contributed by atoms with van der Waals surface area (Å²) in [5.74, 6) is -1.59. The van der Waals surface area contributed by atoms with Crippen molar-refractivity contribution >= 4 is 16.4 Å². The Morgan fingerprint density at radius 1 is 1.64 bits per heavy atom. The van der Waals surface area contributed by atoms with Gasteiger partial charge < -0.3 is 5.11 Å². The van der Waals surface area contributed by atoms with Crippen molar-refractivity contribution in [2.45, 2.75) is 0 Å². The quantitative estimate of drug-likeness (QED) is 0.482. The van der Waals surface area contributed by atoms with Crippen LogP contribution in [0.5, 0.6) is 0 Å². The van der Waals surface area contributed by atoms with Crippen molar-refractivity contribution in [3.05, 3.63) is 12.3 Å². The third-order valence-corrected chi connectivity index (χ3v) is 1.83. The Balaban J connectivity index is 4.66. The van der Waals surface area contributed by atoms with Crippen molar-refractivity contribution in [2.75, 3.05) is 7.05 Å². The number of nitrogens with zero attached hydrogens (tertiary/aromatic N) is 1. The van der Waals surface area contributed by atoms with Gasteiger partial charge in [-0.3, -0.25) is 0 Å². The van der Waals surface area contributed by atoms with Gasteiger partial charge in [-0.25, -0.2) is 9.10 Å². The van der Waals surface area contributed by atoms with Crippen LogP contribution >= 0.6 is 0 Å². The van der Waals surface area contributed by atoms with Gasteiger partial charge in [0.15, 0.2) is 0 Å². The first kappa shape index (κ1) is 9.89. The fraction of sp³-hybridized carbons (Fsp3) is 0.250. The molecule has 0 atom stereocenters. The molecule has 0 aliphatic rings. The largest absolute Gasteiger partial charge is 0.477 e. The molecule has 1 N–H and O–H groups in total. The molecule has 0 radical (unpaired) electrons. The maximum Gasteiger partial charge on any atom is 0.399 e. The Labute approximate surface area is 63.1 Å². The fourth-order valence-electron chi connectivity index (χ4n) is 0.266. The molecule has 0 aliphatic heterocycles. The highest BCUT2D eigenvalue weighted by Crippen LogP contribution is 2.06. The van der Waals surface area contributed by atoms with Crippen LogP contribution in [0.2, 0.25) is 0 Å². The standard InChI is InChI=1S/C4H6FNO4S/c1-3(4(7)8)6(2)11(5,9)10/h1H2,2H3,(H,7,8). The minimum absolute atomic E-state index is 0.0602. The molecular weight excluding hydrogens is 177 g/mol. The van der Waals surface area contributed by atoms with E-state index >= 15 is 0 Å². The van der Waals surface area contributed by atoms with E-state index in [1.807, 2.05) is 0 Å². The normalized spacial score (nSPS) is 10.7. The zero-order chi connectivity index (χ0) is 9.23. The summed E-state index contributed by atoms with van der Waals surface area (Å²) in [7, 11) is -4.24. The smallest absolute Gasteiger partial charge is 0.399 e. The van der Waals surface area contributed by atoms with Gasteiger partial charge in [-0.2, -0.15) is 8.42 Å². The molecule has 0 aromatic heterocycles. The highest BCUT2D eigenvalue weighted by atomic mass is 32.3. The summed E-state index contributed by atoms with van der Waals surface area (Å²) in [5.41, 5.74) is -0.840. The topological polar surface area (TPSA) is 74.7 Å². The van der Waals surface area contributed by atoms with Crippen molar-refractivity contribution in [2.24, 2.45) is 0 Å². The van der Waals surface area contributed by atoms with Crippen LogP contribution in [0.15, 0.2) is 12.3 Å². The van der Waals surface area contributed by atoms with E-state index in [9.17, 15) is 17.1 Å². The molecule has 0 aromatic rings. The highest BCUT2D eigenvalue weighted by Gasteiger charge is 2.21. The minimum atomic E-state index is -4.99. The summed E-state index contributed by atoms with van der Waals surface area (Å²) in [6.07, 6.45) is 0. The van der Waals surface area contributed by atoms with Gasteiger partial charge in [0.2, 0.25) is 0 Å². The van der Waals surface area contributed by atoms with E-state index in [4.69, 9.17) is 5.11 Å². The molecule has 0 saturated carbocycles. The van der Waals surface area contributed by atoms with Crippen molar-refractivity contribution in [1.82, 2.24) is 4.31 Å². The predicted molar refractivity (Wildman–Crippen MR) is 34.6 cm³/mol. The van der Waals surface area contributed by atoms with Gasteiger partial charge in [-0.05, 0) is 0 Å². The van der Waals surface area contributed by atoms with Gasteiger partial charge in [0.1, 0.15) is 5.70 Å². The fourth-order valence-corrected chi connectivity index (χ4v) is 0.608. The minimum Gasteiger partial charge on any atom is -0.477 e. The van der Waals surface area contributed by atoms with E-state index in [1.165, 1.54) is 0 Å². The van der Waals surface area contributed by atoms with Crippen molar-refractivity contribution in [3.8, 4) is 0 Å². The summed E-state index contributed by atoms with van der Waals surface area (Å²) in [5, 5.41) is 8.14. The van der Waals surface area contributed by atoms with Crippen molar-refractivity contribution in [3.63, 3.8) is 0 Å². The van der Waals surface area contributed by atoms with Gasteiger partial charge in [-0.15, -0.1) is 0 Å². The zero-order valence-electron chi connectivity index (χ0n) is 5.61. The van der Waals surface area contributed by atoms with Crippen LogP contribution in [0.4, 0.5) is 3.89 Å². The molecule has 0 amide bonds. The summed E-state index contributed by atoms with van der Waals surface area (Å²) in [6, 6.07) is 0. The van der Waals surface area contributed by atoms with Crippen LogP contribution < -0.4 is 0 Å². The van der Waals surface area contributed by atoms with E-state index in [0.717, 1.165) is 7.05 Å². The van der Waals surface area contributed by atoms with E-state index < -0.39 is 22.1 Å². The number of aliphatic carboxylic acids is 1. The number of carbonyl (C=O) groups is 1. The van der Waals surface area contributed by atoms with Crippen LogP contribution in [0.1, 0.15) is 0 Å². The molecule has 7 heteroatoms. The molecule has 0 aromatic carbocycles. The number of halogens is 1. The van der Waals surface area contributed by atoms with Gasteiger partial charge in [0.05, 0.1) is 0 Å². The summed E-state index contributed by atoms with van der Waals surface area (Å²) < 4.78 is 31.9. The average Bonchev–Trinajstić information content (AvgIpc) is 1.82. The SMILES string of the molecule is C=C(C(=O)O)N(C)S(=O)(=O)F. The molecular formula is C4H6FNO4S. The van der Waals surface area contributed by atoms with Crippen LogP contribution in [0.25, 0.3) is 0 Å². The number of carboxylic acids is 1. The van der Waals surface area contributed by atoms with E-state index in [1.54, 1.807) is 0 Å². The molecule has 64 valence electrons. The van der Waals surface area contributed by atoms with Crippen LogP contribution in [-0.4, -0.2) is 30.8 Å². The molecule has 0 spiro atoms. The van der Waals surface area contributed by atoms with Crippen LogP contribution in [-0.2, 0) is 15.2 Å². The number of likely N-dealkylation sites (N-methyl/N-ethyl adjacent to an activating group) is 1. The first-order valence-corrected chi connectivity index (χ1v) is 3.71. The molecule has 11 heavy (non-hydrogen) atoms. The lowest BCUT2D eigenvalue weighted by molar-refractivity contribution is -0.133. The second-order valence-corrected chi connectivity index (χ2v) is 3.03. The van der Waals surface area contributed by atoms with Crippen molar-refractivity contribution < 1.29 is 22.2 Å². The number of hydrogen-bond acceptors (Lipinski definition) is 3. The first-order valence-electron chi connectivity index (χ1n) is 2.37. The Morgan fingerprint density at radius 2 is 2.00 bits per heavy atom. The summed E-state index contributed by atoms with van der Waals surface area (Å²) in [6.45, 7) is 2.83. The molecule has 0 unspecified atom stereocenters. The van der Waals surface area contributed by atoms with Gasteiger partial charge in [0, 0.05) is 7.05 Å². The van der Waals surface area contributed by atoms with E-state index in [-0.39, 0.29) is 4.31 Å². The van der Waals surface area contributed by atoms with Gasteiger partial charge in [0.25, 0.3) is 0 Å². The number of carboxylic acid groups (broad SMARTS) is 1. The summed E-state index contributed by atoms with van der Waals surface area (Å²) >= 11 is 0. The maximum atomic E-state index is 12.0. The lowest BCUT2D eigenvalue weighted by Gasteiger charge is -2.11. The van der Waals surface area contributed by atoms with E-state index in [0.29, 0.717) is 0 Å². The Morgan fingerprint density at radius 3 is 2.09 bits per heavy atom. The predicted octanol–water partition coefficient (Wildman–Crippen LogP) is -0.269. The summed E-state index contributed by atoms with van der Waals surface area (Å²) in [4.78, 5) is 10.0. The number of hydrogen-bond donors (Lipinski definition) is 1. The molecule has 0 aliphatic carbocycles. The van der Waals surface area contributed by atoms with Crippen LogP contribution in [0, 0.1) is 0 Å². The number of rotatable bonds is 3. The lowest BCUT2D eigenvalue weighted by Crippen LogP contribution is -2.26. The van der Waals surface area contributed by atoms with E-state index in [2.05, 4.69) is 6.58 Å². The first-order chi connectivity index (χ1) is 4.76. The zero-order valence-corrected chi connectivity index (χ0v) is 6.43. The molecule has 0 bridgehead atoms. The molecule has 0 heterocycles. The highest BCUT2D eigenvalue weighted by molar-refractivity contribution is 7.84. The molecule has 0 fully saturated rings. The molecule has 0 rings (SSSR count). The van der Waals surface area contributed by atoms with Gasteiger partial charge in [-0.1, -0.05) is 10.5 Å². The lowest BCUT2D eigenvalue weighted by atomic mass is 10.5. The third-order valence-electron chi connectivity index (χ3n) is 0.954. The third kappa shape index (κ3) is 2.54. The Hall–Kier alpha value is -1.11. The second kappa shape index (κ2) is 2.87. The van der Waals surface area contributed by atoms with Gasteiger partial charge >= 0.3 is 16.4 Å². The second-order valence-electron chi connectivity index (χ2n) is 1.66. The monoisotopic (exact) mass is 183 g/mol.